The van der Waals surface area contributed by atoms with Crippen LogP contribution in [0.15, 0.2) is 24.3 Å². The maximum Gasteiger partial charge on any atom is 0.332 e. The summed E-state index contributed by atoms with van der Waals surface area (Å²) in [4.78, 5) is 29.2. The van der Waals surface area contributed by atoms with E-state index in [2.05, 4.69) is 10.7 Å². The summed E-state index contributed by atoms with van der Waals surface area (Å²) in [5.41, 5.74) is 3.24. The lowest BCUT2D eigenvalue weighted by Gasteiger charge is -2.22. The van der Waals surface area contributed by atoms with Crippen molar-refractivity contribution in [2.24, 2.45) is 5.41 Å². The van der Waals surface area contributed by atoms with Crippen molar-refractivity contribution in [3.63, 3.8) is 0 Å². The number of halogens is 1. The number of amides is 1. The maximum atomic E-state index is 12.2. The van der Waals surface area contributed by atoms with Gasteiger partial charge in [0.15, 0.2) is 0 Å². The summed E-state index contributed by atoms with van der Waals surface area (Å²) in [5, 5.41) is 4.81. The Labute approximate surface area is 141 Å². The zero-order chi connectivity index (χ0) is 17.0. The predicted molar refractivity (Wildman–Crippen MR) is 87.1 cm³/mol. The molecule has 23 heavy (non-hydrogen) atoms. The summed E-state index contributed by atoms with van der Waals surface area (Å²) in [5.74, 6) is -0.482. The number of hydroxylamine groups is 1. The highest BCUT2D eigenvalue weighted by Gasteiger charge is 2.32. The highest BCUT2D eigenvalue weighted by atomic mass is 35.5. The summed E-state index contributed by atoms with van der Waals surface area (Å²) in [6.07, 6.45) is 0.568. The number of hydrazine groups is 1. The van der Waals surface area contributed by atoms with Crippen molar-refractivity contribution < 1.29 is 14.4 Å². The van der Waals surface area contributed by atoms with Crippen molar-refractivity contribution in [2.45, 2.75) is 39.8 Å². The van der Waals surface area contributed by atoms with Gasteiger partial charge in [-0.2, -0.15) is 0 Å². The molecule has 1 aliphatic heterocycles. The number of carbonyl (C=O) groups excluding carboxylic acids is 2. The van der Waals surface area contributed by atoms with Crippen LogP contribution in [-0.2, 0) is 21.0 Å². The van der Waals surface area contributed by atoms with Crippen molar-refractivity contribution in [3.05, 3.63) is 34.9 Å². The highest BCUT2D eigenvalue weighted by Crippen LogP contribution is 2.17. The molecule has 1 aromatic carbocycles. The first-order chi connectivity index (χ1) is 10.8. The zero-order valence-corrected chi connectivity index (χ0v) is 14.3. The second kappa shape index (κ2) is 7.29. The molecule has 6 nitrogen and oxygen atoms in total. The first-order valence-corrected chi connectivity index (χ1v) is 7.92. The summed E-state index contributed by atoms with van der Waals surface area (Å²) in [6, 6.07) is 6.91. The van der Waals surface area contributed by atoms with E-state index >= 15 is 0 Å². The van der Waals surface area contributed by atoms with Gasteiger partial charge in [0.1, 0.15) is 6.04 Å². The first-order valence-electron chi connectivity index (χ1n) is 7.54. The van der Waals surface area contributed by atoms with Crippen LogP contribution < -0.4 is 10.7 Å². The molecule has 1 amide bonds. The van der Waals surface area contributed by atoms with Crippen LogP contribution in [0.2, 0.25) is 5.02 Å². The van der Waals surface area contributed by atoms with Crippen LogP contribution >= 0.6 is 11.6 Å². The minimum Gasteiger partial charge on any atom is -0.352 e. The van der Waals surface area contributed by atoms with E-state index in [0.29, 0.717) is 24.5 Å². The first kappa shape index (κ1) is 17.7. The minimum atomic E-state index is -0.589. The smallest absolute Gasteiger partial charge is 0.332 e. The van der Waals surface area contributed by atoms with E-state index in [0.717, 1.165) is 5.56 Å². The van der Waals surface area contributed by atoms with E-state index in [4.69, 9.17) is 16.4 Å². The van der Waals surface area contributed by atoms with Crippen molar-refractivity contribution in [1.82, 2.24) is 15.9 Å². The molecule has 0 aliphatic carbocycles. The molecule has 0 radical (unpaired) electrons. The molecular weight excluding hydrogens is 318 g/mol. The lowest BCUT2D eigenvalue weighted by atomic mass is 9.98. The average molecular weight is 340 g/mol. The quantitative estimate of drug-likeness (QED) is 0.878. The van der Waals surface area contributed by atoms with Crippen molar-refractivity contribution in [2.75, 3.05) is 6.54 Å². The topological polar surface area (TPSA) is 70.7 Å². The number of benzene rings is 1. The molecule has 2 rings (SSSR count). The Hall–Kier alpha value is -1.63. The SMILES string of the molecule is CC(C)(C)C(=O)ON1CCC(C(=O)NCc2cccc(Cl)c2)N1. The molecule has 1 heterocycles. The van der Waals surface area contributed by atoms with Crippen LogP contribution in [-0.4, -0.2) is 29.6 Å². The molecule has 1 unspecified atom stereocenters. The van der Waals surface area contributed by atoms with Gasteiger partial charge in [-0.3, -0.25) is 4.79 Å². The molecular formula is C16H22ClN3O3. The maximum absolute atomic E-state index is 12.2. The van der Waals surface area contributed by atoms with Gasteiger partial charge in [-0.15, -0.1) is 0 Å². The lowest BCUT2D eigenvalue weighted by Crippen LogP contribution is -2.46. The number of hydrogen-bond acceptors (Lipinski definition) is 5. The average Bonchev–Trinajstić information content (AvgIpc) is 2.92. The van der Waals surface area contributed by atoms with E-state index in [9.17, 15) is 9.59 Å². The van der Waals surface area contributed by atoms with Gasteiger partial charge in [-0.1, -0.05) is 28.9 Å². The second-order valence-electron chi connectivity index (χ2n) is 6.55. The molecule has 1 atom stereocenters. The Morgan fingerprint density at radius 3 is 2.83 bits per heavy atom. The molecule has 2 N–H and O–H groups in total. The fraction of sp³-hybridized carbons (Fsp3) is 0.500. The predicted octanol–water partition coefficient (Wildman–Crippen LogP) is 2.04. The zero-order valence-electron chi connectivity index (χ0n) is 13.6. The molecule has 0 spiro atoms. The highest BCUT2D eigenvalue weighted by molar-refractivity contribution is 6.30. The Morgan fingerprint density at radius 2 is 2.17 bits per heavy atom. The van der Waals surface area contributed by atoms with E-state index in [1.54, 1.807) is 32.9 Å². The third-order valence-electron chi connectivity index (χ3n) is 3.40. The molecule has 0 bridgehead atoms. The minimum absolute atomic E-state index is 0.140. The van der Waals surface area contributed by atoms with Crippen LogP contribution in [0.1, 0.15) is 32.8 Å². The van der Waals surface area contributed by atoms with Crippen molar-refractivity contribution in [1.29, 1.82) is 0 Å². The third-order valence-corrected chi connectivity index (χ3v) is 3.63. The standard InChI is InChI=1S/C16H22ClN3O3/c1-16(2,3)15(22)23-20-8-7-13(19-20)14(21)18-10-11-5-4-6-12(17)9-11/h4-6,9,13,19H,7-8,10H2,1-3H3,(H,18,21). The summed E-state index contributed by atoms with van der Waals surface area (Å²) in [6.45, 7) is 6.21. The molecule has 1 aromatic rings. The normalized spacial score (nSPS) is 18.7. The van der Waals surface area contributed by atoms with Crippen LogP contribution in [0.5, 0.6) is 0 Å². The Bertz CT molecular complexity index is 586. The van der Waals surface area contributed by atoms with Crippen LogP contribution in [0.3, 0.4) is 0 Å². The van der Waals surface area contributed by atoms with Gasteiger partial charge in [0.25, 0.3) is 0 Å². The van der Waals surface area contributed by atoms with Crippen molar-refractivity contribution in [3.8, 4) is 0 Å². The van der Waals surface area contributed by atoms with E-state index in [1.807, 2.05) is 12.1 Å². The number of nitrogens with one attached hydrogen (secondary N) is 2. The van der Waals surface area contributed by atoms with Gasteiger partial charge in [0, 0.05) is 11.6 Å². The second-order valence-corrected chi connectivity index (χ2v) is 6.99. The molecule has 0 saturated carbocycles. The summed E-state index contributed by atoms with van der Waals surface area (Å²) >= 11 is 5.91. The van der Waals surface area contributed by atoms with Crippen LogP contribution in [0.4, 0.5) is 0 Å². The molecule has 0 aromatic heterocycles. The number of nitrogens with zero attached hydrogens (tertiary/aromatic N) is 1. The molecule has 1 aliphatic rings. The number of hydrogen-bond donors (Lipinski definition) is 2. The Morgan fingerprint density at radius 1 is 1.43 bits per heavy atom. The van der Waals surface area contributed by atoms with E-state index in [-0.39, 0.29) is 11.9 Å². The van der Waals surface area contributed by atoms with E-state index < -0.39 is 11.5 Å². The van der Waals surface area contributed by atoms with Gasteiger partial charge < -0.3 is 10.2 Å². The van der Waals surface area contributed by atoms with Gasteiger partial charge >= 0.3 is 5.97 Å². The number of carbonyl (C=O) groups is 2. The Kier molecular flexibility index (Phi) is 5.62. The summed E-state index contributed by atoms with van der Waals surface area (Å²) < 4.78 is 0. The Balaban J connectivity index is 1.80. The molecule has 1 saturated heterocycles. The van der Waals surface area contributed by atoms with Gasteiger partial charge in [-0.05, 0) is 44.9 Å². The van der Waals surface area contributed by atoms with Gasteiger partial charge in [0.05, 0.1) is 12.0 Å². The summed E-state index contributed by atoms with van der Waals surface area (Å²) in [7, 11) is 0. The van der Waals surface area contributed by atoms with Gasteiger partial charge in [0.2, 0.25) is 5.91 Å². The van der Waals surface area contributed by atoms with Crippen LogP contribution in [0, 0.1) is 5.41 Å². The third kappa shape index (κ3) is 5.20. The van der Waals surface area contributed by atoms with Gasteiger partial charge in [-0.25, -0.2) is 10.2 Å². The van der Waals surface area contributed by atoms with Crippen LogP contribution in [0.25, 0.3) is 0 Å². The molecule has 1 fully saturated rings. The monoisotopic (exact) mass is 339 g/mol. The number of rotatable bonds is 4. The largest absolute Gasteiger partial charge is 0.352 e. The van der Waals surface area contributed by atoms with Crippen molar-refractivity contribution >= 4 is 23.5 Å². The fourth-order valence-corrected chi connectivity index (χ4v) is 2.22. The fourth-order valence-electron chi connectivity index (χ4n) is 2.01. The lowest BCUT2D eigenvalue weighted by molar-refractivity contribution is -0.209. The van der Waals surface area contributed by atoms with E-state index in [1.165, 1.54) is 5.17 Å². The molecule has 7 heteroatoms. The molecule has 126 valence electrons.